The molecule has 8 heteroatoms. The van der Waals surface area contributed by atoms with Gasteiger partial charge in [0.1, 0.15) is 5.75 Å². The predicted octanol–water partition coefficient (Wildman–Crippen LogP) is 3.23. The molecule has 0 unspecified atom stereocenters. The first kappa shape index (κ1) is 22.2. The first-order valence-electron chi connectivity index (χ1n) is 9.74. The summed E-state index contributed by atoms with van der Waals surface area (Å²) in [4.78, 5) is 48.2. The number of amides is 3. The van der Waals surface area contributed by atoms with Crippen molar-refractivity contribution in [2.75, 3.05) is 17.2 Å². The van der Waals surface area contributed by atoms with Gasteiger partial charge in [-0.3, -0.25) is 19.2 Å². The van der Waals surface area contributed by atoms with Crippen molar-refractivity contribution < 1.29 is 23.9 Å². The van der Waals surface area contributed by atoms with Crippen molar-refractivity contribution in [1.82, 2.24) is 5.32 Å². The lowest BCUT2D eigenvalue weighted by atomic mass is 10.2. The maximum Gasteiger partial charge on any atom is 0.308 e. The summed E-state index contributed by atoms with van der Waals surface area (Å²) < 4.78 is 5.00. The highest BCUT2D eigenvalue weighted by molar-refractivity contribution is 6.08. The van der Waals surface area contributed by atoms with Gasteiger partial charge < -0.3 is 20.7 Å². The van der Waals surface area contributed by atoms with E-state index in [2.05, 4.69) is 16.0 Å². The average molecular weight is 431 g/mol. The molecule has 0 saturated heterocycles. The smallest absolute Gasteiger partial charge is 0.308 e. The number of esters is 1. The molecule has 0 saturated carbocycles. The Kier molecular flexibility index (Phi) is 7.32. The van der Waals surface area contributed by atoms with E-state index in [0.29, 0.717) is 16.9 Å². The minimum absolute atomic E-state index is 0.236. The number of hydrogen-bond donors (Lipinski definition) is 3. The van der Waals surface area contributed by atoms with Crippen LogP contribution in [0.15, 0.2) is 78.9 Å². The highest BCUT2D eigenvalue weighted by Gasteiger charge is 2.13. The van der Waals surface area contributed by atoms with E-state index < -0.39 is 17.8 Å². The first-order valence-corrected chi connectivity index (χ1v) is 9.74. The number of anilines is 2. The van der Waals surface area contributed by atoms with E-state index in [1.807, 2.05) is 0 Å². The molecule has 3 aromatic carbocycles. The summed E-state index contributed by atoms with van der Waals surface area (Å²) in [6, 6.07) is 21.4. The van der Waals surface area contributed by atoms with Gasteiger partial charge >= 0.3 is 5.97 Å². The van der Waals surface area contributed by atoms with Crippen molar-refractivity contribution in [3.05, 3.63) is 90.0 Å². The third-order valence-corrected chi connectivity index (χ3v) is 4.25. The lowest BCUT2D eigenvalue weighted by Gasteiger charge is -2.13. The Hall–Kier alpha value is -4.46. The van der Waals surface area contributed by atoms with Crippen molar-refractivity contribution in [3.8, 4) is 5.75 Å². The van der Waals surface area contributed by atoms with Gasteiger partial charge in [-0.15, -0.1) is 0 Å². The lowest BCUT2D eigenvalue weighted by Crippen LogP contribution is -2.33. The third kappa shape index (κ3) is 6.27. The fourth-order valence-electron chi connectivity index (χ4n) is 2.81. The Morgan fingerprint density at radius 2 is 1.34 bits per heavy atom. The Morgan fingerprint density at radius 1 is 0.719 bits per heavy atom. The van der Waals surface area contributed by atoms with Crippen LogP contribution in [0, 0.1) is 0 Å². The van der Waals surface area contributed by atoms with Gasteiger partial charge in [0, 0.05) is 18.1 Å². The number of carbonyl (C=O) groups excluding carboxylic acids is 4. The lowest BCUT2D eigenvalue weighted by molar-refractivity contribution is -0.131. The van der Waals surface area contributed by atoms with E-state index in [4.69, 9.17) is 4.74 Å². The van der Waals surface area contributed by atoms with E-state index in [9.17, 15) is 19.2 Å². The quantitative estimate of drug-likeness (QED) is 0.393. The fraction of sp³-hybridized carbons (Fsp3) is 0.0833. The second-order valence-electron chi connectivity index (χ2n) is 6.72. The summed E-state index contributed by atoms with van der Waals surface area (Å²) in [5, 5.41) is 7.94. The maximum absolute atomic E-state index is 12.6. The number of ether oxygens (including phenoxy) is 1. The van der Waals surface area contributed by atoms with Crippen LogP contribution in [0.5, 0.6) is 5.75 Å². The SMILES string of the molecule is CC(=O)Oc1cccc(C(=O)Nc2ccccc2NC(=O)CNC(=O)c2ccccc2)c1. The molecule has 8 nitrogen and oxygen atoms in total. The summed E-state index contributed by atoms with van der Waals surface area (Å²) in [6.45, 7) is 1.04. The Bertz CT molecular complexity index is 1150. The summed E-state index contributed by atoms with van der Waals surface area (Å²) in [6.07, 6.45) is 0. The molecule has 0 bridgehead atoms. The number of nitrogens with one attached hydrogen (secondary N) is 3. The van der Waals surface area contributed by atoms with Crippen molar-refractivity contribution in [1.29, 1.82) is 0 Å². The largest absolute Gasteiger partial charge is 0.427 e. The van der Waals surface area contributed by atoms with Crippen molar-refractivity contribution in [2.24, 2.45) is 0 Å². The summed E-state index contributed by atoms with van der Waals surface area (Å²) in [5.74, 6) is -1.50. The monoisotopic (exact) mass is 431 g/mol. The van der Waals surface area contributed by atoms with E-state index in [0.717, 1.165) is 0 Å². The van der Waals surface area contributed by atoms with E-state index >= 15 is 0 Å². The molecule has 162 valence electrons. The predicted molar refractivity (Wildman–Crippen MR) is 120 cm³/mol. The van der Waals surface area contributed by atoms with Gasteiger partial charge in [0.25, 0.3) is 11.8 Å². The van der Waals surface area contributed by atoms with Gasteiger partial charge in [-0.2, -0.15) is 0 Å². The minimum atomic E-state index is -0.491. The molecule has 0 radical (unpaired) electrons. The zero-order chi connectivity index (χ0) is 22.9. The Morgan fingerprint density at radius 3 is 2.03 bits per heavy atom. The first-order chi connectivity index (χ1) is 15.4. The van der Waals surface area contributed by atoms with Crippen LogP contribution in [0.4, 0.5) is 11.4 Å². The van der Waals surface area contributed by atoms with Gasteiger partial charge in [0.05, 0.1) is 17.9 Å². The normalized spacial score (nSPS) is 10.0. The van der Waals surface area contributed by atoms with Crippen LogP contribution >= 0.6 is 0 Å². The van der Waals surface area contributed by atoms with Crippen LogP contribution in [0.1, 0.15) is 27.6 Å². The third-order valence-electron chi connectivity index (χ3n) is 4.25. The minimum Gasteiger partial charge on any atom is -0.427 e. The summed E-state index contributed by atoms with van der Waals surface area (Å²) in [7, 11) is 0. The fourth-order valence-corrected chi connectivity index (χ4v) is 2.81. The molecule has 0 aromatic heterocycles. The van der Waals surface area contributed by atoms with Gasteiger partial charge in [-0.25, -0.2) is 0 Å². The van der Waals surface area contributed by atoms with Crippen LogP contribution in [0.3, 0.4) is 0 Å². The molecule has 0 aliphatic rings. The van der Waals surface area contributed by atoms with Crippen molar-refractivity contribution in [2.45, 2.75) is 6.92 Å². The van der Waals surface area contributed by atoms with Crippen LogP contribution < -0.4 is 20.7 Å². The standard InChI is InChI=1S/C24H21N3O5/c1-16(28)32-19-11-7-10-18(14-19)24(31)27-21-13-6-5-12-20(21)26-22(29)15-25-23(30)17-8-3-2-4-9-17/h2-14H,15H2,1H3,(H,25,30)(H,26,29)(H,27,31). The Labute approximate surface area is 184 Å². The summed E-state index contributed by atoms with van der Waals surface area (Å²) >= 11 is 0. The number of carbonyl (C=O) groups is 4. The molecule has 0 atom stereocenters. The number of para-hydroxylation sites is 2. The average Bonchev–Trinajstić information content (AvgIpc) is 2.79. The maximum atomic E-state index is 12.6. The molecule has 0 aliphatic carbocycles. The van der Waals surface area contributed by atoms with E-state index in [-0.39, 0.29) is 23.8 Å². The Balaban J connectivity index is 1.63. The zero-order valence-corrected chi connectivity index (χ0v) is 17.3. The molecule has 3 amide bonds. The molecular weight excluding hydrogens is 410 g/mol. The van der Waals surface area contributed by atoms with Gasteiger partial charge in [0.2, 0.25) is 5.91 Å². The van der Waals surface area contributed by atoms with Gasteiger partial charge in [-0.05, 0) is 42.5 Å². The molecule has 32 heavy (non-hydrogen) atoms. The van der Waals surface area contributed by atoms with Crippen LogP contribution in [-0.4, -0.2) is 30.2 Å². The van der Waals surface area contributed by atoms with Gasteiger partial charge in [-0.1, -0.05) is 36.4 Å². The molecule has 3 aromatic rings. The second-order valence-corrected chi connectivity index (χ2v) is 6.72. The van der Waals surface area contributed by atoms with E-state index in [1.165, 1.54) is 13.0 Å². The van der Waals surface area contributed by atoms with Crippen LogP contribution in [0.2, 0.25) is 0 Å². The molecule has 0 aliphatic heterocycles. The second kappa shape index (κ2) is 10.5. The number of rotatable bonds is 7. The molecular formula is C24H21N3O5. The van der Waals surface area contributed by atoms with Gasteiger partial charge in [0.15, 0.2) is 0 Å². The van der Waals surface area contributed by atoms with Crippen molar-refractivity contribution >= 4 is 35.1 Å². The highest BCUT2D eigenvalue weighted by atomic mass is 16.5. The number of hydrogen-bond acceptors (Lipinski definition) is 5. The zero-order valence-electron chi connectivity index (χ0n) is 17.3. The topological polar surface area (TPSA) is 114 Å². The number of benzene rings is 3. The molecule has 0 heterocycles. The van der Waals surface area contributed by atoms with Crippen molar-refractivity contribution in [3.63, 3.8) is 0 Å². The molecule has 0 spiro atoms. The molecule has 0 fully saturated rings. The molecule has 3 N–H and O–H groups in total. The van der Waals surface area contributed by atoms with Crippen LogP contribution in [-0.2, 0) is 9.59 Å². The van der Waals surface area contributed by atoms with E-state index in [1.54, 1.807) is 72.8 Å². The highest BCUT2D eigenvalue weighted by Crippen LogP contribution is 2.22. The summed E-state index contributed by atoms with van der Waals surface area (Å²) in [5.41, 5.74) is 1.47. The molecule has 3 rings (SSSR count). The van der Waals surface area contributed by atoms with Crippen LogP contribution in [0.25, 0.3) is 0 Å².